The van der Waals surface area contributed by atoms with Crippen molar-refractivity contribution < 1.29 is 14.3 Å². The molecule has 136 valence electrons. The van der Waals surface area contributed by atoms with Crippen molar-refractivity contribution in [3.63, 3.8) is 0 Å². The van der Waals surface area contributed by atoms with Crippen LogP contribution in [0.4, 0.5) is 0 Å². The van der Waals surface area contributed by atoms with Crippen LogP contribution in [0.5, 0.6) is 0 Å². The van der Waals surface area contributed by atoms with Gasteiger partial charge in [0.2, 0.25) is 5.89 Å². The highest BCUT2D eigenvalue weighted by atomic mass is 16.4. The predicted molar refractivity (Wildman–Crippen MR) is 97.5 cm³/mol. The number of aromatic carboxylic acids is 1. The first kappa shape index (κ1) is 19.2. The van der Waals surface area contributed by atoms with Crippen LogP contribution >= 0.6 is 0 Å². The van der Waals surface area contributed by atoms with Crippen LogP contribution in [0.1, 0.15) is 68.0 Å². The summed E-state index contributed by atoms with van der Waals surface area (Å²) in [5.41, 5.74) is 2.50. The van der Waals surface area contributed by atoms with Gasteiger partial charge < -0.3 is 9.52 Å². The highest BCUT2D eigenvalue weighted by Gasteiger charge is 2.21. The van der Waals surface area contributed by atoms with Gasteiger partial charge in [0.1, 0.15) is 6.26 Å². The smallest absolute Gasteiger partial charge is 0.357 e. The number of oxazole rings is 1. The Bertz CT molecular complexity index is 689. The minimum absolute atomic E-state index is 0.0477. The lowest BCUT2D eigenvalue weighted by Gasteiger charge is -2.31. The topological polar surface area (TPSA) is 66.6 Å². The van der Waals surface area contributed by atoms with Crippen molar-refractivity contribution in [2.24, 2.45) is 5.92 Å². The monoisotopic (exact) mass is 344 g/mol. The van der Waals surface area contributed by atoms with Gasteiger partial charge in [0.05, 0.1) is 6.54 Å². The van der Waals surface area contributed by atoms with Crippen LogP contribution in [0.25, 0.3) is 0 Å². The van der Waals surface area contributed by atoms with Crippen molar-refractivity contribution in [2.45, 2.75) is 59.7 Å². The Kier molecular flexibility index (Phi) is 6.37. The molecule has 0 radical (unpaired) electrons. The van der Waals surface area contributed by atoms with E-state index in [0.29, 0.717) is 30.3 Å². The number of carboxylic acid groups (broad SMARTS) is 1. The molecule has 1 atom stereocenters. The molecule has 0 aliphatic rings. The van der Waals surface area contributed by atoms with E-state index in [1.165, 1.54) is 17.4 Å². The molecule has 0 saturated heterocycles. The Labute approximate surface area is 149 Å². The first-order valence-corrected chi connectivity index (χ1v) is 8.78. The van der Waals surface area contributed by atoms with Crippen LogP contribution < -0.4 is 0 Å². The van der Waals surface area contributed by atoms with Gasteiger partial charge in [0.15, 0.2) is 5.69 Å². The van der Waals surface area contributed by atoms with Crippen molar-refractivity contribution >= 4 is 5.97 Å². The molecular formula is C20H28N2O3. The third kappa shape index (κ3) is 5.16. The molecule has 2 aromatic rings. The predicted octanol–water partition coefficient (Wildman–Crippen LogP) is 4.54. The zero-order valence-corrected chi connectivity index (χ0v) is 15.7. The number of aromatic nitrogens is 1. The van der Waals surface area contributed by atoms with Crippen molar-refractivity contribution in [3.8, 4) is 0 Å². The van der Waals surface area contributed by atoms with Crippen LogP contribution in [0.3, 0.4) is 0 Å². The van der Waals surface area contributed by atoms with Crippen molar-refractivity contribution in [1.82, 2.24) is 9.88 Å². The summed E-state index contributed by atoms with van der Waals surface area (Å²) < 4.78 is 5.34. The molecule has 0 fully saturated rings. The summed E-state index contributed by atoms with van der Waals surface area (Å²) in [5, 5.41) is 9.00. The van der Waals surface area contributed by atoms with Gasteiger partial charge in [-0.15, -0.1) is 0 Å². The van der Waals surface area contributed by atoms with Crippen molar-refractivity contribution in [3.05, 3.63) is 53.2 Å². The van der Waals surface area contributed by atoms with Gasteiger partial charge in [-0.05, 0) is 29.9 Å². The van der Waals surface area contributed by atoms with Crippen LogP contribution in [-0.2, 0) is 13.1 Å². The highest BCUT2D eigenvalue weighted by molar-refractivity contribution is 5.84. The summed E-state index contributed by atoms with van der Waals surface area (Å²) in [6.45, 7) is 12.2. The SMILES string of the molecule is CC(C)c1ccc(CN(Cc2nc(C(=O)O)co2)C(C)C(C)C)cc1. The van der Waals surface area contributed by atoms with Gasteiger partial charge >= 0.3 is 5.97 Å². The Morgan fingerprint density at radius 1 is 1.12 bits per heavy atom. The van der Waals surface area contributed by atoms with Crippen LogP contribution in [-0.4, -0.2) is 27.0 Å². The van der Waals surface area contributed by atoms with E-state index in [1.807, 2.05) is 0 Å². The molecule has 0 aliphatic heterocycles. The summed E-state index contributed by atoms with van der Waals surface area (Å²) in [6, 6.07) is 8.98. The maximum absolute atomic E-state index is 11.0. The zero-order valence-electron chi connectivity index (χ0n) is 15.7. The Morgan fingerprint density at radius 2 is 1.76 bits per heavy atom. The highest BCUT2D eigenvalue weighted by Crippen LogP contribution is 2.20. The minimum atomic E-state index is -1.07. The van der Waals surface area contributed by atoms with Gasteiger partial charge in [-0.1, -0.05) is 52.0 Å². The van der Waals surface area contributed by atoms with Crippen molar-refractivity contribution in [1.29, 1.82) is 0 Å². The third-order valence-corrected chi connectivity index (χ3v) is 4.68. The number of hydrogen-bond acceptors (Lipinski definition) is 4. The fourth-order valence-corrected chi connectivity index (χ4v) is 2.66. The largest absolute Gasteiger partial charge is 0.476 e. The number of nitrogens with zero attached hydrogens (tertiary/aromatic N) is 2. The summed E-state index contributed by atoms with van der Waals surface area (Å²) >= 11 is 0. The fourth-order valence-electron chi connectivity index (χ4n) is 2.66. The molecule has 25 heavy (non-hydrogen) atoms. The Morgan fingerprint density at radius 3 is 2.24 bits per heavy atom. The number of benzene rings is 1. The summed E-state index contributed by atoms with van der Waals surface area (Å²) in [5.74, 6) is 0.344. The van der Waals surface area contributed by atoms with E-state index in [0.717, 1.165) is 6.54 Å². The molecule has 1 N–H and O–H groups in total. The molecule has 1 aromatic heterocycles. The molecule has 0 amide bonds. The molecule has 1 aromatic carbocycles. The molecule has 5 nitrogen and oxygen atoms in total. The van der Waals surface area contributed by atoms with Gasteiger partial charge in [-0.3, -0.25) is 4.90 Å². The standard InChI is InChI=1S/C20H28N2O3/c1-13(2)15(5)22(11-19-21-18(12-25-19)20(23)24)10-16-6-8-17(9-7-16)14(3)4/h6-9,12-15H,10-11H2,1-5H3,(H,23,24). The average molecular weight is 344 g/mol. The number of hydrogen-bond donors (Lipinski definition) is 1. The molecule has 1 heterocycles. The normalized spacial score (nSPS) is 13.0. The first-order chi connectivity index (χ1) is 11.8. The fraction of sp³-hybridized carbons (Fsp3) is 0.500. The maximum atomic E-state index is 11.0. The first-order valence-electron chi connectivity index (χ1n) is 8.78. The van der Waals surface area contributed by atoms with Crippen LogP contribution in [0.2, 0.25) is 0 Å². The molecule has 0 bridgehead atoms. The second-order valence-electron chi connectivity index (χ2n) is 7.22. The van der Waals surface area contributed by atoms with E-state index < -0.39 is 5.97 Å². The van der Waals surface area contributed by atoms with Gasteiger partial charge in [-0.25, -0.2) is 9.78 Å². The number of carbonyl (C=O) groups is 1. The van der Waals surface area contributed by atoms with Crippen LogP contribution in [0, 0.1) is 5.92 Å². The summed E-state index contributed by atoms with van der Waals surface area (Å²) in [6.07, 6.45) is 1.20. The Balaban J connectivity index is 2.15. The van der Waals surface area contributed by atoms with E-state index in [1.54, 1.807) is 0 Å². The molecular weight excluding hydrogens is 316 g/mol. The quantitative estimate of drug-likeness (QED) is 0.761. The van der Waals surface area contributed by atoms with Crippen molar-refractivity contribution in [2.75, 3.05) is 0 Å². The molecule has 0 spiro atoms. The second kappa shape index (κ2) is 8.30. The van der Waals surface area contributed by atoms with Gasteiger partial charge in [0, 0.05) is 12.6 Å². The molecule has 0 aliphatic carbocycles. The van der Waals surface area contributed by atoms with Crippen LogP contribution in [0.15, 0.2) is 34.9 Å². The summed E-state index contributed by atoms with van der Waals surface area (Å²) in [4.78, 5) is 17.3. The maximum Gasteiger partial charge on any atom is 0.357 e. The van der Waals surface area contributed by atoms with E-state index in [9.17, 15) is 4.79 Å². The third-order valence-electron chi connectivity index (χ3n) is 4.68. The molecule has 2 rings (SSSR count). The molecule has 0 saturated carbocycles. The average Bonchev–Trinajstić information content (AvgIpc) is 3.02. The van der Waals surface area contributed by atoms with Gasteiger partial charge in [-0.2, -0.15) is 0 Å². The second-order valence-corrected chi connectivity index (χ2v) is 7.22. The number of carboxylic acids is 1. The summed E-state index contributed by atoms with van der Waals surface area (Å²) in [7, 11) is 0. The lowest BCUT2D eigenvalue weighted by Crippen LogP contribution is -2.35. The van der Waals surface area contributed by atoms with Gasteiger partial charge in [0.25, 0.3) is 0 Å². The minimum Gasteiger partial charge on any atom is -0.476 e. The van der Waals surface area contributed by atoms with E-state index in [4.69, 9.17) is 9.52 Å². The van der Waals surface area contributed by atoms with E-state index in [-0.39, 0.29) is 5.69 Å². The lowest BCUT2D eigenvalue weighted by atomic mass is 10.0. The van der Waals surface area contributed by atoms with E-state index in [2.05, 4.69) is 68.8 Å². The zero-order chi connectivity index (χ0) is 18.6. The Hall–Kier alpha value is -2.14. The molecule has 5 heteroatoms. The number of rotatable bonds is 8. The lowest BCUT2D eigenvalue weighted by molar-refractivity contribution is 0.0690. The molecule has 1 unspecified atom stereocenters. The van der Waals surface area contributed by atoms with E-state index >= 15 is 0 Å².